The Kier molecular flexibility index (Phi) is 5.79. The molecule has 2 unspecified atom stereocenters. The number of hydrogen-bond donors (Lipinski definition) is 4. The van der Waals surface area contributed by atoms with Crippen molar-refractivity contribution in [3.63, 3.8) is 0 Å². The Morgan fingerprint density at radius 2 is 1.81 bits per heavy atom. The Balaban J connectivity index is 1.89. The third-order valence-corrected chi connectivity index (χ3v) is 5.84. The van der Waals surface area contributed by atoms with E-state index in [9.17, 15) is 14.6 Å². The monoisotopic (exact) mass is 442 g/mol. The number of nitrogens with zero attached hydrogens (tertiary/aromatic N) is 2. The zero-order valence-electron chi connectivity index (χ0n) is 18.4. The maximum Gasteiger partial charge on any atom is 0.165 e. The molecule has 2 heterocycles. The Morgan fingerprint density at radius 3 is 2.50 bits per heavy atom. The van der Waals surface area contributed by atoms with Gasteiger partial charge in [-0.1, -0.05) is 0 Å². The fraction of sp³-hybridized carbons (Fsp3) is 0.391. The second kappa shape index (κ2) is 8.40. The van der Waals surface area contributed by atoms with Crippen molar-refractivity contribution >= 4 is 16.7 Å². The largest absolute Gasteiger partial charge is 0.507 e. The lowest BCUT2D eigenvalue weighted by molar-refractivity contribution is 0.0219. The van der Waals surface area contributed by atoms with Gasteiger partial charge < -0.3 is 30.3 Å². The van der Waals surface area contributed by atoms with Crippen molar-refractivity contribution in [3.05, 3.63) is 36.1 Å². The molecule has 0 saturated carbocycles. The summed E-state index contributed by atoms with van der Waals surface area (Å²) in [6.07, 6.45) is 0. The molecule has 0 bridgehead atoms. The van der Waals surface area contributed by atoms with Crippen LogP contribution in [0.1, 0.15) is 13.8 Å². The Morgan fingerprint density at radius 1 is 1.09 bits per heavy atom. The molecule has 3 aromatic rings. The molecule has 1 saturated heterocycles. The first-order valence-corrected chi connectivity index (χ1v) is 10.3. The highest BCUT2D eigenvalue weighted by Gasteiger charge is 2.38. The molecule has 9 heteroatoms. The number of nitrogens with one attached hydrogen (secondary N) is 2. The van der Waals surface area contributed by atoms with Gasteiger partial charge in [0, 0.05) is 36.5 Å². The summed E-state index contributed by atoms with van der Waals surface area (Å²) in [4.78, 5) is 9.19. The van der Waals surface area contributed by atoms with E-state index in [1.54, 1.807) is 33.1 Å². The van der Waals surface area contributed by atoms with Crippen LogP contribution in [0.2, 0.25) is 0 Å². The number of ether oxygens (including phenoxy) is 2. The Bertz CT molecular complexity index is 1150. The van der Waals surface area contributed by atoms with Gasteiger partial charge in [0.1, 0.15) is 17.4 Å². The molecule has 4 rings (SSSR count). The van der Waals surface area contributed by atoms with Crippen LogP contribution in [-0.4, -0.2) is 59.1 Å². The molecule has 0 aliphatic carbocycles. The minimum absolute atomic E-state index is 0.0707. The van der Waals surface area contributed by atoms with E-state index < -0.39 is 11.4 Å². The number of phenols is 1. The number of rotatable bonds is 6. The molecule has 32 heavy (non-hydrogen) atoms. The Hall–Kier alpha value is -3.17. The first kappa shape index (κ1) is 22.0. The van der Waals surface area contributed by atoms with E-state index in [4.69, 9.17) is 9.47 Å². The van der Waals surface area contributed by atoms with Gasteiger partial charge in [-0.05, 0) is 38.1 Å². The minimum atomic E-state index is -0.908. The number of aromatic hydroxyl groups is 1. The predicted octanol–water partition coefficient (Wildman–Crippen LogP) is 2.93. The number of methoxy groups -OCH3 is 2. The molecule has 2 atom stereocenters. The normalized spacial score (nSPS) is 18.7. The van der Waals surface area contributed by atoms with E-state index in [1.807, 2.05) is 0 Å². The standard InChI is InChI=1S/C23H27FN4O4/c1-23(2,30)15-10-25-11-17(15)27-21-13-8-19(31-3)20(32-4)9-16(13)26-22(28-21)14-7-12(24)5-6-18(14)29/h5-9,15,17,25,29-30H,10-11H2,1-4H3,(H,26,27,28). The molecule has 0 spiro atoms. The first-order chi connectivity index (χ1) is 15.2. The van der Waals surface area contributed by atoms with Crippen LogP contribution in [0.15, 0.2) is 30.3 Å². The number of aliphatic hydroxyl groups is 1. The average Bonchev–Trinajstić information content (AvgIpc) is 3.23. The van der Waals surface area contributed by atoms with Crippen LogP contribution in [0.5, 0.6) is 17.2 Å². The van der Waals surface area contributed by atoms with Crippen LogP contribution in [-0.2, 0) is 0 Å². The molecule has 0 radical (unpaired) electrons. The summed E-state index contributed by atoms with van der Waals surface area (Å²) in [7, 11) is 3.07. The number of anilines is 1. The third kappa shape index (κ3) is 4.13. The molecule has 0 amide bonds. The summed E-state index contributed by atoms with van der Waals surface area (Å²) in [6, 6.07) is 7.00. The van der Waals surface area contributed by atoms with E-state index >= 15 is 0 Å². The van der Waals surface area contributed by atoms with Gasteiger partial charge in [-0.15, -0.1) is 0 Å². The van der Waals surface area contributed by atoms with Gasteiger partial charge >= 0.3 is 0 Å². The summed E-state index contributed by atoms with van der Waals surface area (Å²) in [5.74, 6) is 0.929. The second-order valence-corrected chi connectivity index (χ2v) is 8.45. The first-order valence-electron chi connectivity index (χ1n) is 10.3. The molecule has 1 aromatic heterocycles. The number of hydrogen-bond acceptors (Lipinski definition) is 8. The molecule has 1 aliphatic heterocycles. The Labute approximate surface area is 185 Å². The van der Waals surface area contributed by atoms with Gasteiger partial charge in [-0.2, -0.15) is 0 Å². The van der Waals surface area contributed by atoms with Crippen LogP contribution in [0.4, 0.5) is 10.2 Å². The fourth-order valence-corrected chi connectivity index (χ4v) is 4.12. The molecule has 170 valence electrons. The number of aromatic nitrogens is 2. The van der Waals surface area contributed by atoms with Crippen molar-refractivity contribution in [3.8, 4) is 28.6 Å². The van der Waals surface area contributed by atoms with Gasteiger partial charge in [0.2, 0.25) is 0 Å². The molecular weight excluding hydrogens is 415 g/mol. The SMILES string of the molecule is COc1cc2nc(-c3cc(F)ccc3O)nc(NC3CNCC3C(C)(C)O)c2cc1OC. The van der Waals surface area contributed by atoms with E-state index in [2.05, 4.69) is 20.6 Å². The van der Waals surface area contributed by atoms with Crippen LogP contribution in [0.3, 0.4) is 0 Å². The summed E-state index contributed by atoms with van der Waals surface area (Å²) < 4.78 is 24.8. The van der Waals surface area contributed by atoms with E-state index in [1.165, 1.54) is 25.3 Å². The molecule has 8 nitrogen and oxygen atoms in total. The summed E-state index contributed by atoms with van der Waals surface area (Å²) in [6.45, 7) is 4.84. The van der Waals surface area contributed by atoms with Gasteiger partial charge in [-0.3, -0.25) is 0 Å². The molecule has 4 N–H and O–H groups in total. The molecular formula is C23H27FN4O4. The fourth-order valence-electron chi connectivity index (χ4n) is 4.12. The zero-order valence-corrected chi connectivity index (χ0v) is 18.4. The van der Waals surface area contributed by atoms with Gasteiger partial charge in [0.05, 0.1) is 30.9 Å². The maximum absolute atomic E-state index is 13.9. The predicted molar refractivity (Wildman–Crippen MR) is 120 cm³/mol. The van der Waals surface area contributed by atoms with Crippen molar-refractivity contribution in [2.75, 3.05) is 32.6 Å². The molecule has 1 aliphatic rings. The highest BCUT2D eigenvalue weighted by Crippen LogP contribution is 2.37. The van der Waals surface area contributed by atoms with Crippen molar-refractivity contribution < 1.29 is 24.1 Å². The van der Waals surface area contributed by atoms with Crippen molar-refractivity contribution in [1.82, 2.24) is 15.3 Å². The van der Waals surface area contributed by atoms with Crippen molar-refractivity contribution in [2.45, 2.75) is 25.5 Å². The van der Waals surface area contributed by atoms with E-state index in [0.717, 1.165) is 0 Å². The van der Waals surface area contributed by atoms with Crippen LogP contribution in [0.25, 0.3) is 22.3 Å². The lowest BCUT2D eigenvalue weighted by atomic mass is 9.87. The van der Waals surface area contributed by atoms with E-state index in [0.29, 0.717) is 41.3 Å². The highest BCUT2D eigenvalue weighted by molar-refractivity contribution is 5.93. The summed E-state index contributed by atoms with van der Waals surface area (Å²) in [5, 5.41) is 28.3. The number of phenolic OH excluding ortho intramolecular Hbond substituents is 1. The molecule has 2 aromatic carbocycles. The van der Waals surface area contributed by atoms with Gasteiger partial charge in [0.15, 0.2) is 17.3 Å². The number of halogens is 1. The lowest BCUT2D eigenvalue weighted by Gasteiger charge is -2.31. The van der Waals surface area contributed by atoms with Crippen LogP contribution >= 0.6 is 0 Å². The topological polar surface area (TPSA) is 109 Å². The summed E-state index contributed by atoms with van der Waals surface area (Å²) in [5.41, 5.74) is -0.202. The minimum Gasteiger partial charge on any atom is -0.507 e. The van der Waals surface area contributed by atoms with Gasteiger partial charge in [0.25, 0.3) is 0 Å². The van der Waals surface area contributed by atoms with Crippen molar-refractivity contribution in [2.24, 2.45) is 5.92 Å². The maximum atomic E-state index is 13.9. The summed E-state index contributed by atoms with van der Waals surface area (Å²) >= 11 is 0. The zero-order chi connectivity index (χ0) is 23.0. The second-order valence-electron chi connectivity index (χ2n) is 8.45. The van der Waals surface area contributed by atoms with Crippen LogP contribution in [0, 0.1) is 11.7 Å². The smallest absolute Gasteiger partial charge is 0.165 e. The lowest BCUT2D eigenvalue weighted by Crippen LogP contribution is -2.42. The van der Waals surface area contributed by atoms with Gasteiger partial charge in [-0.25, -0.2) is 14.4 Å². The quantitative estimate of drug-likeness (QED) is 0.462. The van der Waals surface area contributed by atoms with Crippen molar-refractivity contribution in [1.29, 1.82) is 0 Å². The third-order valence-electron chi connectivity index (χ3n) is 5.84. The van der Waals surface area contributed by atoms with E-state index in [-0.39, 0.29) is 29.1 Å². The molecule has 1 fully saturated rings. The number of fused-ring (bicyclic) bond motifs is 1. The highest BCUT2D eigenvalue weighted by atomic mass is 19.1. The average molecular weight is 442 g/mol. The van der Waals surface area contributed by atoms with Crippen LogP contribution < -0.4 is 20.1 Å². The number of benzene rings is 2.